The molecule has 0 N–H and O–H groups in total. The fourth-order valence-corrected chi connectivity index (χ4v) is 2.83. The lowest BCUT2D eigenvalue weighted by Crippen LogP contribution is -2.41. The van der Waals surface area contributed by atoms with E-state index >= 15 is 0 Å². The van der Waals surface area contributed by atoms with Crippen LogP contribution < -0.4 is 5.30 Å². The van der Waals surface area contributed by atoms with E-state index in [9.17, 15) is 35.1 Å². The molecule has 0 fully saturated rings. The fraction of sp³-hybridized carbons (Fsp3) is 0.333. The van der Waals surface area contributed by atoms with Gasteiger partial charge in [0, 0.05) is 0 Å². The quantitative estimate of drug-likeness (QED) is 0.558. The molecule has 18 heavy (non-hydrogen) atoms. The van der Waals surface area contributed by atoms with Gasteiger partial charge in [0.15, 0.2) is 0 Å². The summed E-state index contributed by atoms with van der Waals surface area (Å²) in [5.41, 5.74) is -5.82. The molecule has 0 aliphatic heterocycles. The van der Waals surface area contributed by atoms with Gasteiger partial charge in [0.1, 0.15) is 7.92 Å². The summed E-state index contributed by atoms with van der Waals surface area (Å²) < 4.78 is 99.6. The van der Waals surface area contributed by atoms with Crippen molar-refractivity contribution in [3.05, 3.63) is 30.3 Å². The van der Waals surface area contributed by atoms with Crippen molar-refractivity contribution in [3.63, 3.8) is 0 Å². The van der Waals surface area contributed by atoms with Gasteiger partial charge in [-0.3, -0.25) is 0 Å². The number of hydrogen-bond donors (Lipinski definition) is 0. The van der Waals surface area contributed by atoms with Crippen molar-refractivity contribution in [2.45, 2.75) is 17.8 Å². The molecule has 1 aromatic rings. The monoisotopic (exact) mass is 296 g/mol. The lowest BCUT2D eigenvalue weighted by molar-refractivity contribution is -0.244. The Kier molecular flexibility index (Phi) is 3.91. The minimum absolute atomic E-state index is 0.610. The second kappa shape index (κ2) is 4.64. The zero-order valence-electron chi connectivity index (χ0n) is 8.36. The minimum Gasteiger partial charge on any atom is -0.191 e. The zero-order chi connectivity index (χ0) is 14.2. The molecular weight excluding hydrogens is 291 g/mol. The van der Waals surface area contributed by atoms with E-state index in [1.165, 1.54) is 6.07 Å². The van der Waals surface area contributed by atoms with Gasteiger partial charge in [-0.2, -0.15) is 35.1 Å². The number of halogens is 8. The van der Waals surface area contributed by atoms with Gasteiger partial charge >= 0.3 is 17.8 Å². The summed E-state index contributed by atoms with van der Waals surface area (Å²) in [5, 5.41) is -1.07. The molecule has 0 heterocycles. The summed E-state index contributed by atoms with van der Waals surface area (Å²) in [5.74, 6) is -5.64. The first-order valence-electron chi connectivity index (χ1n) is 4.34. The van der Waals surface area contributed by atoms with Crippen LogP contribution in [-0.4, -0.2) is 17.8 Å². The molecule has 102 valence electrons. The van der Waals surface area contributed by atoms with Gasteiger partial charge in [-0.15, -0.1) is 0 Å². The summed E-state index contributed by atoms with van der Waals surface area (Å²) in [6.45, 7) is 0. The Morgan fingerprint density at radius 2 is 1.17 bits per heavy atom. The average molecular weight is 296 g/mol. The summed E-state index contributed by atoms with van der Waals surface area (Å²) in [6.07, 6.45) is -6.25. The maximum absolute atomic E-state index is 13.0. The van der Waals surface area contributed by atoms with Gasteiger partial charge in [-0.1, -0.05) is 30.3 Å². The Balaban J connectivity index is 3.33. The van der Waals surface area contributed by atoms with Gasteiger partial charge in [0.2, 0.25) is 0 Å². The van der Waals surface area contributed by atoms with Crippen LogP contribution in [0.1, 0.15) is 0 Å². The average Bonchev–Trinajstić information content (AvgIpc) is 2.14. The predicted octanol–water partition coefficient (Wildman–Crippen LogP) is 4.47. The van der Waals surface area contributed by atoms with Crippen LogP contribution in [0.25, 0.3) is 0 Å². The van der Waals surface area contributed by atoms with Gasteiger partial charge in [-0.25, -0.2) is 0 Å². The summed E-state index contributed by atoms with van der Waals surface area (Å²) in [4.78, 5) is 0. The maximum Gasteiger partial charge on any atom is 0.458 e. The molecule has 1 aromatic carbocycles. The minimum atomic E-state index is -6.25. The number of alkyl halides is 8. The molecule has 0 bridgehead atoms. The lowest BCUT2D eigenvalue weighted by atomic mass is 10.4. The first kappa shape index (κ1) is 15.1. The van der Waals surface area contributed by atoms with Crippen molar-refractivity contribution < 1.29 is 35.1 Å². The molecule has 0 aliphatic rings. The first-order valence-corrected chi connectivity index (χ1v) is 5.69. The molecule has 1 atom stereocenters. The predicted molar refractivity (Wildman–Crippen MR) is 50.1 cm³/mol. The molecule has 0 aliphatic carbocycles. The topological polar surface area (TPSA) is 0 Å². The largest absolute Gasteiger partial charge is 0.458 e. The Hall–Kier alpha value is -0.910. The molecular formula is C9H5F8P. The van der Waals surface area contributed by atoms with Crippen molar-refractivity contribution in [2.24, 2.45) is 0 Å². The van der Waals surface area contributed by atoms with Crippen molar-refractivity contribution in [1.82, 2.24) is 0 Å². The smallest absolute Gasteiger partial charge is 0.191 e. The van der Waals surface area contributed by atoms with Crippen LogP contribution in [-0.2, 0) is 0 Å². The van der Waals surface area contributed by atoms with E-state index in [2.05, 4.69) is 0 Å². The second-order valence-corrected chi connectivity index (χ2v) is 5.43. The van der Waals surface area contributed by atoms with Gasteiger partial charge in [-0.05, 0) is 5.30 Å². The molecule has 0 aromatic heterocycles. The summed E-state index contributed by atoms with van der Waals surface area (Å²) in [7, 11) is -4.69. The highest BCUT2D eigenvalue weighted by Gasteiger charge is 2.70. The van der Waals surface area contributed by atoms with Crippen LogP contribution in [0, 0.1) is 0 Å². The SMILES string of the molecule is FC(F)(F)P(c1ccccc1)C(F)(F)C(F)(F)F. The highest BCUT2D eigenvalue weighted by Crippen LogP contribution is 2.67. The fourth-order valence-electron chi connectivity index (χ4n) is 1.17. The third-order valence-corrected chi connectivity index (χ3v) is 4.03. The Morgan fingerprint density at radius 3 is 1.50 bits per heavy atom. The van der Waals surface area contributed by atoms with Crippen LogP contribution in [0.15, 0.2) is 30.3 Å². The molecule has 1 rings (SSSR count). The Bertz CT molecular complexity index is 393. The number of benzene rings is 1. The molecule has 0 radical (unpaired) electrons. The molecule has 1 unspecified atom stereocenters. The number of hydrogen-bond acceptors (Lipinski definition) is 0. The molecule has 0 spiro atoms. The third kappa shape index (κ3) is 2.91. The van der Waals surface area contributed by atoms with Gasteiger partial charge < -0.3 is 0 Å². The van der Waals surface area contributed by atoms with Crippen molar-refractivity contribution in [2.75, 3.05) is 0 Å². The van der Waals surface area contributed by atoms with Crippen molar-refractivity contribution >= 4 is 13.2 Å². The molecule has 9 heteroatoms. The first-order chi connectivity index (χ1) is 7.98. The highest BCUT2D eigenvalue weighted by atomic mass is 31.1. The van der Waals surface area contributed by atoms with E-state index in [0.717, 1.165) is 12.1 Å². The van der Waals surface area contributed by atoms with Crippen molar-refractivity contribution in [1.29, 1.82) is 0 Å². The third-order valence-electron chi connectivity index (χ3n) is 1.89. The van der Waals surface area contributed by atoms with Crippen LogP contribution in [0.2, 0.25) is 0 Å². The Labute approximate surface area is 97.4 Å². The van der Waals surface area contributed by atoms with Crippen LogP contribution in [0.5, 0.6) is 0 Å². The van der Waals surface area contributed by atoms with Crippen LogP contribution in [0.4, 0.5) is 35.1 Å². The molecule has 0 nitrogen and oxygen atoms in total. The second-order valence-electron chi connectivity index (χ2n) is 3.18. The van der Waals surface area contributed by atoms with E-state index in [4.69, 9.17) is 0 Å². The van der Waals surface area contributed by atoms with Crippen LogP contribution in [0.3, 0.4) is 0 Å². The number of rotatable bonds is 2. The lowest BCUT2D eigenvalue weighted by Gasteiger charge is -2.30. The van der Waals surface area contributed by atoms with E-state index in [1.54, 1.807) is 0 Å². The summed E-state index contributed by atoms with van der Waals surface area (Å²) >= 11 is 0. The molecule has 0 saturated carbocycles. The van der Waals surface area contributed by atoms with E-state index in [0.29, 0.717) is 12.1 Å². The molecule has 0 saturated heterocycles. The van der Waals surface area contributed by atoms with E-state index in [-0.39, 0.29) is 0 Å². The maximum atomic E-state index is 13.0. The van der Waals surface area contributed by atoms with Gasteiger partial charge in [0.05, 0.1) is 0 Å². The van der Waals surface area contributed by atoms with E-state index in [1.807, 2.05) is 0 Å². The summed E-state index contributed by atoms with van der Waals surface area (Å²) in [6, 6.07) is 4.39. The highest BCUT2D eigenvalue weighted by molar-refractivity contribution is 7.67. The van der Waals surface area contributed by atoms with Crippen molar-refractivity contribution in [3.8, 4) is 0 Å². The van der Waals surface area contributed by atoms with Crippen LogP contribution >= 0.6 is 7.92 Å². The van der Waals surface area contributed by atoms with Gasteiger partial charge in [0.25, 0.3) is 0 Å². The molecule has 0 amide bonds. The standard InChI is InChI=1S/C9H5F8P/c10-7(11,12)8(13,14)18(9(15,16)17)6-4-2-1-3-5-6/h1-5H. The Morgan fingerprint density at radius 1 is 0.722 bits per heavy atom. The van der Waals surface area contributed by atoms with E-state index < -0.39 is 31.0 Å². The zero-order valence-corrected chi connectivity index (χ0v) is 9.25. The normalized spacial score (nSPS) is 15.6.